The smallest absolute Gasteiger partial charge is 0.237 e. The van der Waals surface area contributed by atoms with Crippen LogP contribution in [0.25, 0.3) is 0 Å². The Hall–Kier alpha value is -1.27. The summed E-state index contributed by atoms with van der Waals surface area (Å²) >= 11 is 6.87. The first kappa shape index (κ1) is 20.0. The number of carbonyl (C=O) groups is 1. The third-order valence-electron chi connectivity index (χ3n) is 4.52. The van der Waals surface area contributed by atoms with Crippen LogP contribution < -0.4 is 10.2 Å². The van der Waals surface area contributed by atoms with E-state index in [0.29, 0.717) is 0 Å². The molecule has 1 N–H and O–H groups in total. The predicted octanol–water partition coefficient (Wildman–Crippen LogP) is 4.36. The topological polar surface area (TPSA) is 35.6 Å². The number of anilines is 2. The van der Waals surface area contributed by atoms with Gasteiger partial charge < -0.3 is 15.1 Å². The zero-order valence-electron chi connectivity index (χ0n) is 15.5. The first-order valence-corrected chi connectivity index (χ1v) is 10.4. The third kappa shape index (κ3) is 5.89. The fraction of sp³-hybridized carbons (Fsp3) is 0.579. The van der Waals surface area contributed by atoms with Crippen molar-refractivity contribution >= 4 is 45.6 Å². The summed E-state index contributed by atoms with van der Waals surface area (Å²) in [6, 6.07) is 8.17. The van der Waals surface area contributed by atoms with Gasteiger partial charge in [0.2, 0.25) is 5.91 Å². The highest BCUT2D eigenvalue weighted by Gasteiger charge is 2.18. The molecule has 0 radical (unpaired) electrons. The number of carbonyl (C=O) groups excluding carboxylic acids is 1. The Morgan fingerprint density at radius 1 is 1.20 bits per heavy atom. The lowest BCUT2D eigenvalue weighted by Gasteiger charge is -2.29. The highest BCUT2D eigenvalue weighted by atomic mass is 32.2. The molecule has 6 heteroatoms. The first-order chi connectivity index (χ1) is 12.0. The molecule has 1 aliphatic heterocycles. The van der Waals surface area contributed by atoms with Gasteiger partial charge in [-0.25, -0.2) is 0 Å². The zero-order valence-corrected chi connectivity index (χ0v) is 17.1. The lowest BCUT2D eigenvalue weighted by atomic mass is 10.1. The summed E-state index contributed by atoms with van der Waals surface area (Å²) in [5.41, 5.74) is 2.08. The van der Waals surface area contributed by atoms with Gasteiger partial charge in [0.1, 0.15) is 4.32 Å². The van der Waals surface area contributed by atoms with E-state index in [-0.39, 0.29) is 11.2 Å². The lowest BCUT2D eigenvalue weighted by Crippen LogP contribution is -2.31. The molecule has 1 amide bonds. The molecule has 0 aromatic heterocycles. The maximum atomic E-state index is 12.4. The van der Waals surface area contributed by atoms with Gasteiger partial charge in [-0.15, -0.1) is 0 Å². The summed E-state index contributed by atoms with van der Waals surface area (Å²) in [7, 11) is 0. The van der Waals surface area contributed by atoms with Crippen molar-refractivity contribution in [3.8, 4) is 0 Å². The second-order valence-corrected chi connectivity index (χ2v) is 8.26. The quantitative estimate of drug-likeness (QED) is 0.743. The monoisotopic (exact) mass is 379 g/mol. The average molecular weight is 380 g/mol. The van der Waals surface area contributed by atoms with E-state index >= 15 is 0 Å². The standard InChI is InChI=1S/C19H29N3OS2/c1-4-21(5-2)19(24)25-15(3)18(23)20-16-9-11-17(12-10-16)22-13-7-6-8-14-22/h9-12,15H,4-8,13-14H2,1-3H3,(H,20,23). The van der Waals surface area contributed by atoms with Crippen molar-refractivity contribution in [1.82, 2.24) is 4.90 Å². The zero-order chi connectivity index (χ0) is 18.2. The van der Waals surface area contributed by atoms with Crippen LogP contribution in [0.15, 0.2) is 24.3 Å². The highest BCUT2D eigenvalue weighted by Crippen LogP contribution is 2.23. The minimum atomic E-state index is -0.213. The Bertz CT molecular complexity index is 567. The van der Waals surface area contributed by atoms with E-state index in [1.807, 2.05) is 19.1 Å². The first-order valence-electron chi connectivity index (χ1n) is 9.16. The van der Waals surface area contributed by atoms with Crippen LogP contribution in [0.5, 0.6) is 0 Å². The number of rotatable bonds is 6. The minimum Gasteiger partial charge on any atom is -0.372 e. The maximum Gasteiger partial charge on any atom is 0.237 e. The molecular weight excluding hydrogens is 350 g/mol. The summed E-state index contributed by atoms with van der Waals surface area (Å²) in [5.74, 6) is -0.00905. The Balaban J connectivity index is 1.88. The van der Waals surface area contributed by atoms with Gasteiger partial charge in [0.25, 0.3) is 0 Å². The van der Waals surface area contributed by atoms with Gasteiger partial charge in [0, 0.05) is 37.6 Å². The van der Waals surface area contributed by atoms with Crippen molar-refractivity contribution in [2.45, 2.75) is 45.3 Å². The number of amides is 1. The third-order valence-corrected chi connectivity index (χ3v) is 6.10. The van der Waals surface area contributed by atoms with E-state index in [1.165, 1.54) is 36.7 Å². The predicted molar refractivity (Wildman–Crippen MR) is 114 cm³/mol. The molecule has 25 heavy (non-hydrogen) atoms. The van der Waals surface area contributed by atoms with Crippen molar-refractivity contribution in [3.05, 3.63) is 24.3 Å². The van der Waals surface area contributed by atoms with E-state index in [0.717, 1.165) is 36.2 Å². The highest BCUT2D eigenvalue weighted by molar-refractivity contribution is 8.23. The molecule has 1 unspecified atom stereocenters. The van der Waals surface area contributed by atoms with Crippen LogP contribution in [-0.2, 0) is 4.79 Å². The number of hydrogen-bond acceptors (Lipinski definition) is 4. The summed E-state index contributed by atoms with van der Waals surface area (Å²) in [6.45, 7) is 10.0. The van der Waals surface area contributed by atoms with Crippen molar-refractivity contribution in [2.75, 3.05) is 36.4 Å². The number of benzene rings is 1. The van der Waals surface area contributed by atoms with Crippen molar-refractivity contribution < 1.29 is 4.79 Å². The molecule has 1 saturated heterocycles. The Morgan fingerprint density at radius 2 is 1.80 bits per heavy atom. The van der Waals surface area contributed by atoms with Gasteiger partial charge in [0.05, 0.1) is 5.25 Å². The van der Waals surface area contributed by atoms with Gasteiger partial charge in [-0.1, -0.05) is 24.0 Å². The van der Waals surface area contributed by atoms with Crippen LogP contribution >= 0.6 is 24.0 Å². The van der Waals surface area contributed by atoms with Gasteiger partial charge in [-0.3, -0.25) is 4.79 Å². The van der Waals surface area contributed by atoms with E-state index in [1.54, 1.807) is 0 Å². The van der Waals surface area contributed by atoms with Crippen LogP contribution in [0.3, 0.4) is 0 Å². The molecule has 1 aromatic carbocycles. The Labute approximate surface area is 161 Å². The van der Waals surface area contributed by atoms with E-state index in [2.05, 4.69) is 41.1 Å². The molecule has 0 aliphatic carbocycles. The fourth-order valence-electron chi connectivity index (χ4n) is 2.91. The SMILES string of the molecule is CCN(CC)C(=S)SC(C)C(=O)Nc1ccc(N2CCCCC2)cc1. The molecule has 1 heterocycles. The lowest BCUT2D eigenvalue weighted by molar-refractivity contribution is -0.115. The fourth-order valence-corrected chi connectivity index (χ4v) is 4.48. The molecule has 1 aliphatic rings. The molecule has 2 rings (SSSR count). The molecule has 1 fully saturated rings. The van der Waals surface area contributed by atoms with Gasteiger partial charge >= 0.3 is 0 Å². The minimum absolute atomic E-state index is 0.00905. The summed E-state index contributed by atoms with van der Waals surface area (Å²) in [6.07, 6.45) is 3.86. The van der Waals surface area contributed by atoms with E-state index < -0.39 is 0 Å². The second kappa shape index (κ2) is 10.0. The average Bonchev–Trinajstić information content (AvgIpc) is 2.64. The van der Waals surface area contributed by atoms with Crippen LogP contribution in [0, 0.1) is 0 Å². The van der Waals surface area contributed by atoms with Crippen molar-refractivity contribution in [2.24, 2.45) is 0 Å². The Morgan fingerprint density at radius 3 is 2.36 bits per heavy atom. The maximum absolute atomic E-state index is 12.4. The largest absolute Gasteiger partial charge is 0.372 e. The molecule has 1 aromatic rings. The van der Waals surface area contributed by atoms with Gasteiger partial charge in [0.15, 0.2) is 0 Å². The number of piperidine rings is 1. The van der Waals surface area contributed by atoms with Crippen LogP contribution in [0.2, 0.25) is 0 Å². The van der Waals surface area contributed by atoms with Crippen LogP contribution in [-0.4, -0.2) is 46.6 Å². The number of thioether (sulfide) groups is 1. The van der Waals surface area contributed by atoms with Crippen LogP contribution in [0.4, 0.5) is 11.4 Å². The molecule has 4 nitrogen and oxygen atoms in total. The van der Waals surface area contributed by atoms with E-state index in [9.17, 15) is 4.79 Å². The number of nitrogens with zero attached hydrogens (tertiary/aromatic N) is 2. The summed E-state index contributed by atoms with van der Waals surface area (Å²) in [4.78, 5) is 16.9. The molecular formula is C19H29N3OS2. The molecule has 0 saturated carbocycles. The molecule has 138 valence electrons. The summed E-state index contributed by atoms with van der Waals surface area (Å²) in [5, 5.41) is 2.78. The molecule has 0 bridgehead atoms. The van der Waals surface area contributed by atoms with Gasteiger partial charge in [-0.05, 0) is 64.3 Å². The molecule has 0 spiro atoms. The van der Waals surface area contributed by atoms with Crippen molar-refractivity contribution in [1.29, 1.82) is 0 Å². The number of nitrogens with one attached hydrogen (secondary N) is 1. The number of thiocarbonyl (C=S) groups is 1. The van der Waals surface area contributed by atoms with Crippen LogP contribution in [0.1, 0.15) is 40.0 Å². The van der Waals surface area contributed by atoms with Crippen molar-refractivity contribution in [3.63, 3.8) is 0 Å². The molecule has 1 atom stereocenters. The Kier molecular flexibility index (Phi) is 8.03. The second-order valence-electron chi connectivity index (χ2n) is 6.28. The number of hydrogen-bond donors (Lipinski definition) is 1. The van der Waals surface area contributed by atoms with E-state index in [4.69, 9.17) is 12.2 Å². The normalized spacial score (nSPS) is 15.6. The van der Waals surface area contributed by atoms with Gasteiger partial charge in [-0.2, -0.15) is 0 Å². The summed E-state index contributed by atoms with van der Waals surface area (Å²) < 4.78 is 0.785.